The molecule has 3 rings (SSSR count). The molecule has 0 aliphatic carbocycles. The molecule has 0 spiro atoms. The van der Waals surface area contributed by atoms with Gasteiger partial charge in [-0.2, -0.15) is 0 Å². The molecule has 1 saturated heterocycles. The van der Waals surface area contributed by atoms with Crippen molar-refractivity contribution in [2.45, 2.75) is 13.1 Å². The third-order valence-electron chi connectivity index (χ3n) is 4.57. The van der Waals surface area contributed by atoms with E-state index in [1.165, 1.54) is 0 Å². The van der Waals surface area contributed by atoms with Crippen molar-refractivity contribution in [1.29, 1.82) is 0 Å². The maximum Gasteiger partial charge on any atom is 0.161 e. The smallest absolute Gasteiger partial charge is 0.161 e. The van der Waals surface area contributed by atoms with Gasteiger partial charge in [0.25, 0.3) is 0 Å². The number of rotatable bonds is 8. The van der Waals surface area contributed by atoms with Crippen molar-refractivity contribution in [3.8, 4) is 23.0 Å². The second-order valence-corrected chi connectivity index (χ2v) is 6.32. The third-order valence-corrected chi connectivity index (χ3v) is 4.57. The second-order valence-electron chi connectivity index (χ2n) is 6.32. The number of hydrogen-bond donors (Lipinski definition) is 0. The fourth-order valence-electron chi connectivity index (χ4n) is 3.17. The van der Waals surface area contributed by atoms with Crippen LogP contribution in [0.2, 0.25) is 0 Å². The normalized spacial score (nSPS) is 15.0. The lowest BCUT2D eigenvalue weighted by molar-refractivity contribution is 0.311. The minimum absolute atomic E-state index is 0.741. The van der Waals surface area contributed by atoms with Crippen LogP contribution >= 0.6 is 0 Å². The second kappa shape index (κ2) is 8.97. The zero-order valence-electron chi connectivity index (χ0n) is 16.3. The Balaban J connectivity index is 1.59. The van der Waals surface area contributed by atoms with Crippen LogP contribution in [-0.2, 0) is 13.1 Å². The average Bonchev–Trinajstić information content (AvgIpc) is 3.14. The fourth-order valence-corrected chi connectivity index (χ4v) is 3.17. The molecule has 0 saturated carbocycles. The fraction of sp³-hybridized carbons (Fsp3) is 0.381. The van der Waals surface area contributed by atoms with Gasteiger partial charge in [-0.3, -0.25) is 9.80 Å². The molecule has 1 aliphatic heterocycles. The van der Waals surface area contributed by atoms with E-state index in [0.29, 0.717) is 0 Å². The Morgan fingerprint density at radius 1 is 0.667 bits per heavy atom. The molecule has 1 heterocycles. The molecular weight excluding hydrogens is 344 g/mol. The van der Waals surface area contributed by atoms with Crippen molar-refractivity contribution < 1.29 is 18.9 Å². The highest BCUT2D eigenvalue weighted by Gasteiger charge is 2.22. The summed E-state index contributed by atoms with van der Waals surface area (Å²) >= 11 is 0. The molecule has 0 N–H and O–H groups in total. The predicted molar refractivity (Wildman–Crippen MR) is 103 cm³/mol. The summed E-state index contributed by atoms with van der Waals surface area (Å²) in [6.45, 7) is 6.87. The largest absolute Gasteiger partial charge is 0.493 e. The topological polar surface area (TPSA) is 43.4 Å². The van der Waals surface area contributed by atoms with Crippen LogP contribution in [0.4, 0.5) is 0 Å². The van der Waals surface area contributed by atoms with E-state index in [0.717, 1.165) is 60.3 Å². The maximum atomic E-state index is 5.39. The zero-order chi connectivity index (χ0) is 19.2. The van der Waals surface area contributed by atoms with E-state index >= 15 is 0 Å². The molecule has 27 heavy (non-hydrogen) atoms. The lowest BCUT2D eigenvalue weighted by atomic mass is 10.2. The van der Waals surface area contributed by atoms with Crippen molar-refractivity contribution >= 4 is 0 Å². The lowest BCUT2D eigenvalue weighted by Gasteiger charge is -2.18. The Morgan fingerprint density at radius 2 is 1.07 bits per heavy atom. The van der Waals surface area contributed by atoms with E-state index in [4.69, 9.17) is 18.9 Å². The highest BCUT2D eigenvalue weighted by atomic mass is 16.5. The first kappa shape index (κ1) is 19.3. The van der Waals surface area contributed by atoms with Gasteiger partial charge in [0.2, 0.25) is 0 Å². The van der Waals surface area contributed by atoms with E-state index in [1.807, 2.05) is 24.3 Å². The van der Waals surface area contributed by atoms with Crippen LogP contribution in [0.15, 0.2) is 36.4 Å². The minimum Gasteiger partial charge on any atom is -0.493 e. The number of ether oxygens (including phenoxy) is 4. The highest BCUT2D eigenvalue weighted by molar-refractivity contribution is 5.43. The quantitative estimate of drug-likeness (QED) is 0.712. The molecule has 0 unspecified atom stereocenters. The summed E-state index contributed by atoms with van der Waals surface area (Å²) in [6.07, 6.45) is 0. The van der Waals surface area contributed by atoms with Gasteiger partial charge in [0.15, 0.2) is 23.0 Å². The summed E-state index contributed by atoms with van der Waals surface area (Å²) in [5, 5.41) is 0. The Hall–Kier alpha value is -2.44. The summed E-state index contributed by atoms with van der Waals surface area (Å²) in [6, 6.07) is 12.0. The highest BCUT2D eigenvalue weighted by Crippen LogP contribution is 2.30. The van der Waals surface area contributed by atoms with Crippen LogP contribution in [0.5, 0.6) is 23.0 Å². The van der Waals surface area contributed by atoms with Gasteiger partial charge in [0, 0.05) is 26.2 Å². The molecular formula is C21H26N2O4. The molecule has 1 fully saturated rings. The van der Waals surface area contributed by atoms with Crippen molar-refractivity contribution in [3.63, 3.8) is 0 Å². The Bertz CT molecular complexity index is 702. The Labute approximate surface area is 161 Å². The van der Waals surface area contributed by atoms with Gasteiger partial charge in [0.1, 0.15) is 6.67 Å². The standard InChI is InChI=1S/C21H26N2O4/c1-24-18-7-5-16(11-20(18)26-3)13-22-9-10-23(15-22)14-17-6-8-19(25-2)21(12-17)27-4/h5-8,11-12H,9-10,13-14H2,1-4H3. The molecule has 1 aliphatic rings. The van der Waals surface area contributed by atoms with Gasteiger partial charge in [-0.05, 0) is 35.4 Å². The number of hydrogen-bond acceptors (Lipinski definition) is 6. The van der Waals surface area contributed by atoms with E-state index in [1.54, 1.807) is 28.4 Å². The first-order chi connectivity index (χ1) is 13.2. The van der Waals surface area contributed by atoms with Crippen LogP contribution in [0.3, 0.4) is 0 Å². The van der Waals surface area contributed by atoms with Gasteiger partial charge in [-0.15, -0.1) is 0 Å². The third kappa shape index (κ3) is 4.64. The van der Waals surface area contributed by atoms with Crippen LogP contribution in [0, 0.1) is 6.67 Å². The molecule has 6 nitrogen and oxygen atoms in total. The molecule has 2 aromatic carbocycles. The van der Waals surface area contributed by atoms with Crippen molar-refractivity contribution in [1.82, 2.24) is 9.80 Å². The molecule has 0 aromatic heterocycles. The molecule has 144 valence electrons. The number of methoxy groups -OCH3 is 4. The van der Waals surface area contributed by atoms with E-state index in [2.05, 4.69) is 28.6 Å². The zero-order valence-corrected chi connectivity index (χ0v) is 16.3. The summed E-state index contributed by atoms with van der Waals surface area (Å²) in [4.78, 5) is 4.37. The number of benzene rings is 2. The lowest BCUT2D eigenvalue weighted by Crippen LogP contribution is -2.19. The van der Waals surface area contributed by atoms with E-state index < -0.39 is 0 Å². The molecule has 2 radical (unpaired) electrons. The van der Waals surface area contributed by atoms with Crippen molar-refractivity contribution in [2.75, 3.05) is 41.5 Å². The van der Waals surface area contributed by atoms with Gasteiger partial charge in [-0.25, -0.2) is 0 Å². The summed E-state index contributed by atoms with van der Waals surface area (Å²) < 4.78 is 21.4. The van der Waals surface area contributed by atoms with Crippen LogP contribution in [0.1, 0.15) is 11.1 Å². The van der Waals surface area contributed by atoms with Crippen molar-refractivity contribution in [3.05, 3.63) is 54.2 Å². The van der Waals surface area contributed by atoms with E-state index in [9.17, 15) is 0 Å². The average molecular weight is 370 g/mol. The molecule has 2 aromatic rings. The van der Waals surface area contributed by atoms with Crippen LogP contribution in [0.25, 0.3) is 0 Å². The van der Waals surface area contributed by atoms with Gasteiger partial charge in [-0.1, -0.05) is 12.1 Å². The first-order valence-electron chi connectivity index (χ1n) is 8.84. The Morgan fingerprint density at radius 3 is 1.44 bits per heavy atom. The van der Waals surface area contributed by atoms with E-state index in [-0.39, 0.29) is 0 Å². The van der Waals surface area contributed by atoms with Gasteiger partial charge in [0.05, 0.1) is 28.4 Å². The predicted octanol–water partition coefficient (Wildman–Crippen LogP) is 3.04. The summed E-state index contributed by atoms with van der Waals surface area (Å²) in [5.41, 5.74) is 2.32. The van der Waals surface area contributed by atoms with Gasteiger partial charge < -0.3 is 18.9 Å². The SMILES string of the molecule is COc1ccc(CN2[C]N(Cc3ccc(OC)c(OC)c3)CC2)cc1OC. The summed E-state index contributed by atoms with van der Waals surface area (Å²) in [7, 11) is 6.60. The molecule has 0 bridgehead atoms. The minimum atomic E-state index is 0.741. The first-order valence-corrected chi connectivity index (χ1v) is 8.84. The van der Waals surface area contributed by atoms with Crippen LogP contribution < -0.4 is 18.9 Å². The van der Waals surface area contributed by atoms with Crippen LogP contribution in [-0.4, -0.2) is 51.3 Å². The molecule has 6 heteroatoms. The number of nitrogens with zero attached hydrogens (tertiary/aromatic N) is 2. The molecule has 0 atom stereocenters. The molecule has 0 amide bonds. The maximum absolute atomic E-state index is 5.39. The monoisotopic (exact) mass is 370 g/mol. The Kier molecular flexibility index (Phi) is 6.42. The summed E-state index contributed by atoms with van der Waals surface area (Å²) in [5.74, 6) is 2.98. The van der Waals surface area contributed by atoms with Crippen molar-refractivity contribution in [2.24, 2.45) is 0 Å². The van der Waals surface area contributed by atoms with Gasteiger partial charge >= 0.3 is 0 Å².